The first-order valence-electron chi connectivity index (χ1n) is 7.89. The second kappa shape index (κ2) is 9.84. The minimum Gasteiger partial charge on any atom is -0.285 e. The summed E-state index contributed by atoms with van der Waals surface area (Å²) < 4.78 is 12.6. The number of hydrogen-bond acceptors (Lipinski definition) is 1. The van der Waals surface area contributed by atoms with Gasteiger partial charge in [0, 0.05) is 13.1 Å². The summed E-state index contributed by atoms with van der Waals surface area (Å²) in [6, 6.07) is 20.0. The maximum Gasteiger partial charge on any atom is 0.233 e. The smallest absolute Gasteiger partial charge is 0.233 e. The van der Waals surface area contributed by atoms with Crippen molar-refractivity contribution < 1.29 is 4.57 Å². The SMILES string of the molecule is C=CP(=O)(NC/C=C/c1ccccc1)NC/C=C/c1ccccc1. The molecule has 24 heavy (non-hydrogen) atoms. The van der Waals surface area contributed by atoms with Crippen molar-refractivity contribution in [3.8, 4) is 0 Å². The molecule has 0 atom stereocenters. The van der Waals surface area contributed by atoms with Crippen LogP contribution in [0.15, 0.2) is 85.2 Å². The first-order valence-corrected chi connectivity index (χ1v) is 9.66. The van der Waals surface area contributed by atoms with Crippen LogP contribution in [0.25, 0.3) is 12.2 Å². The van der Waals surface area contributed by atoms with Gasteiger partial charge in [-0.1, -0.05) is 91.5 Å². The van der Waals surface area contributed by atoms with Crippen LogP contribution in [-0.4, -0.2) is 13.1 Å². The van der Waals surface area contributed by atoms with Crippen LogP contribution in [0.3, 0.4) is 0 Å². The highest BCUT2D eigenvalue weighted by atomic mass is 31.2. The molecule has 0 radical (unpaired) electrons. The standard InChI is InChI=1S/C20H23N2OP/c1-2-24(23,21-17-9-15-19-11-5-3-6-12-19)22-18-10-16-20-13-7-4-8-14-20/h2-16H,1,17-18H2,(H2,21,22,23)/b15-9+,16-10+. The highest BCUT2D eigenvalue weighted by Crippen LogP contribution is 2.36. The predicted molar refractivity (Wildman–Crippen MR) is 105 cm³/mol. The quantitative estimate of drug-likeness (QED) is 0.637. The molecular formula is C20H23N2OP. The molecule has 0 saturated heterocycles. The van der Waals surface area contributed by atoms with Gasteiger partial charge in [-0.05, 0) is 16.9 Å². The molecule has 0 saturated carbocycles. The van der Waals surface area contributed by atoms with Gasteiger partial charge in [-0.25, -0.2) is 10.2 Å². The summed E-state index contributed by atoms with van der Waals surface area (Å²) in [5, 5.41) is 6.04. The molecule has 3 nitrogen and oxygen atoms in total. The molecule has 0 aliphatic carbocycles. The summed E-state index contributed by atoms with van der Waals surface area (Å²) in [5.74, 6) is 1.46. The molecule has 0 fully saturated rings. The fourth-order valence-electron chi connectivity index (χ4n) is 2.08. The molecule has 4 heteroatoms. The Morgan fingerprint density at radius 1 is 0.792 bits per heavy atom. The van der Waals surface area contributed by atoms with Gasteiger partial charge < -0.3 is 0 Å². The van der Waals surface area contributed by atoms with Gasteiger partial charge in [0.2, 0.25) is 7.44 Å². The highest BCUT2D eigenvalue weighted by Gasteiger charge is 2.13. The molecule has 0 bridgehead atoms. The zero-order chi connectivity index (χ0) is 17.1. The lowest BCUT2D eigenvalue weighted by atomic mass is 10.2. The maximum absolute atomic E-state index is 12.6. The number of nitrogens with one attached hydrogen (secondary N) is 2. The third kappa shape index (κ3) is 6.51. The predicted octanol–water partition coefficient (Wildman–Crippen LogP) is 4.93. The summed E-state index contributed by atoms with van der Waals surface area (Å²) in [6.45, 7) is 4.69. The Balaban J connectivity index is 1.78. The van der Waals surface area contributed by atoms with Crippen LogP contribution in [0.2, 0.25) is 0 Å². The van der Waals surface area contributed by atoms with Crippen LogP contribution in [0.4, 0.5) is 0 Å². The van der Waals surface area contributed by atoms with E-state index < -0.39 is 7.44 Å². The van der Waals surface area contributed by atoms with E-state index in [1.165, 1.54) is 5.82 Å². The van der Waals surface area contributed by atoms with E-state index in [0.717, 1.165) is 11.1 Å². The molecule has 124 valence electrons. The van der Waals surface area contributed by atoms with Crippen molar-refractivity contribution in [2.75, 3.05) is 13.1 Å². The van der Waals surface area contributed by atoms with Crippen molar-refractivity contribution in [2.24, 2.45) is 0 Å². The lowest BCUT2D eigenvalue weighted by Crippen LogP contribution is -2.21. The van der Waals surface area contributed by atoms with Gasteiger partial charge in [0.1, 0.15) is 0 Å². The topological polar surface area (TPSA) is 41.1 Å². The lowest BCUT2D eigenvalue weighted by molar-refractivity contribution is 0.565. The maximum atomic E-state index is 12.6. The molecule has 0 aromatic heterocycles. The minimum absolute atomic E-state index is 0.508. The Kier molecular flexibility index (Phi) is 7.44. The largest absolute Gasteiger partial charge is 0.285 e. The molecular weight excluding hydrogens is 315 g/mol. The van der Waals surface area contributed by atoms with Gasteiger partial charge in [0.15, 0.2) is 0 Å². The van der Waals surface area contributed by atoms with Gasteiger partial charge in [0.05, 0.1) is 0 Å². The Bertz CT molecular complexity index is 666. The molecule has 0 aliphatic rings. The van der Waals surface area contributed by atoms with Gasteiger partial charge in [-0.15, -0.1) is 0 Å². The zero-order valence-electron chi connectivity index (χ0n) is 13.6. The third-order valence-corrected chi connectivity index (χ3v) is 5.18. The van der Waals surface area contributed by atoms with Crippen molar-refractivity contribution in [3.05, 3.63) is 96.3 Å². The highest BCUT2D eigenvalue weighted by molar-refractivity contribution is 7.63. The van der Waals surface area contributed by atoms with Crippen LogP contribution < -0.4 is 10.2 Å². The Morgan fingerprint density at radius 2 is 1.21 bits per heavy atom. The summed E-state index contributed by atoms with van der Waals surface area (Å²) in [5.41, 5.74) is 2.23. The average molecular weight is 338 g/mol. The normalized spacial score (nSPS) is 12.0. The van der Waals surface area contributed by atoms with Crippen LogP contribution in [-0.2, 0) is 4.57 Å². The van der Waals surface area contributed by atoms with Gasteiger partial charge in [0.25, 0.3) is 0 Å². The van der Waals surface area contributed by atoms with E-state index in [1.807, 2.05) is 85.0 Å². The van der Waals surface area contributed by atoms with Crippen LogP contribution in [0.1, 0.15) is 11.1 Å². The Labute approximate surface area is 144 Å². The van der Waals surface area contributed by atoms with Crippen molar-refractivity contribution in [2.45, 2.75) is 0 Å². The molecule has 2 N–H and O–H groups in total. The van der Waals surface area contributed by atoms with Crippen LogP contribution in [0, 0.1) is 0 Å². The van der Waals surface area contributed by atoms with Crippen molar-refractivity contribution >= 4 is 19.6 Å². The number of rotatable bonds is 9. The summed E-state index contributed by atoms with van der Waals surface area (Å²) in [6.07, 6.45) is 7.89. The van der Waals surface area contributed by atoms with Crippen LogP contribution >= 0.6 is 7.44 Å². The van der Waals surface area contributed by atoms with E-state index >= 15 is 0 Å². The van der Waals surface area contributed by atoms with Crippen molar-refractivity contribution in [1.29, 1.82) is 0 Å². The van der Waals surface area contributed by atoms with Crippen molar-refractivity contribution in [3.63, 3.8) is 0 Å². The molecule has 0 amide bonds. The van der Waals surface area contributed by atoms with E-state index in [-0.39, 0.29) is 0 Å². The minimum atomic E-state index is -2.78. The van der Waals surface area contributed by atoms with E-state index in [4.69, 9.17) is 0 Å². The molecule has 0 unspecified atom stereocenters. The summed E-state index contributed by atoms with van der Waals surface area (Å²) >= 11 is 0. The summed E-state index contributed by atoms with van der Waals surface area (Å²) in [7, 11) is -2.78. The second-order valence-electron chi connectivity index (χ2n) is 5.19. The Hall–Kier alpha value is -2.19. The second-order valence-corrected chi connectivity index (χ2v) is 7.50. The lowest BCUT2D eigenvalue weighted by Gasteiger charge is -2.14. The molecule has 0 heterocycles. The van der Waals surface area contributed by atoms with E-state index in [2.05, 4.69) is 16.8 Å². The molecule has 2 rings (SSSR count). The molecule has 2 aromatic carbocycles. The Morgan fingerprint density at radius 3 is 1.58 bits per heavy atom. The first-order chi connectivity index (χ1) is 11.7. The molecule has 0 aliphatic heterocycles. The third-order valence-electron chi connectivity index (χ3n) is 3.36. The van der Waals surface area contributed by atoms with Crippen LogP contribution in [0.5, 0.6) is 0 Å². The van der Waals surface area contributed by atoms with Gasteiger partial charge >= 0.3 is 0 Å². The van der Waals surface area contributed by atoms with Gasteiger partial charge in [-0.2, -0.15) is 0 Å². The van der Waals surface area contributed by atoms with E-state index in [1.54, 1.807) is 0 Å². The average Bonchev–Trinajstić information content (AvgIpc) is 2.64. The number of hydrogen-bond donors (Lipinski definition) is 2. The van der Waals surface area contributed by atoms with E-state index in [0.29, 0.717) is 13.1 Å². The molecule has 0 spiro atoms. The number of benzene rings is 2. The van der Waals surface area contributed by atoms with Gasteiger partial charge in [-0.3, -0.25) is 4.57 Å². The monoisotopic (exact) mass is 338 g/mol. The fraction of sp³-hybridized carbons (Fsp3) is 0.100. The van der Waals surface area contributed by atoms with Crippen molar-refractivity contribution in [1.82, 2.24) is 10.2 Å². The first kappa shape index (κ1) is 18.2. The summed E-state index contributed by atoms with van der Waals surface area (Å²) in [4.78, 5) is 0. The zero-order valence-corrected chi connectivity index (χ0v) is 14.5. The fourth-order valence-corrected chi connectivity index (χ4v) is 3.20. The molecule has 2 aromatic rings. The van der Waals surface area contributed by atoms with E-state index in [9.17, 15) is 4.57 Å².